The highest BCUT2D eigenvalue weighted by molar-refractivity contribution is 5.95. The van der Waals surface area contributed by atoms with E-state index in [1.54, 1.807) is 38.4 Å². The summed E-state index contributed by atoms with van der Waals surface area (Å²) >= 11 is 0. The average Bonchev–Trinajstić information content (AvgIpc) is 2.36. The molecule has 0 fully saturated rings. The van der Waals surface area contributed by atoms with Crippen molar-refractivity contribution in [1.82, 2.24) is 4.90 Å². The Morgan fingerprint density at radius 1 is 1.22 bits per heavy atom. The van der Waals surface area contributed by atoms with Gasteiger partial charge < -0.3 is 16.0 Å². The fraction of sp³-hybridized carbons (Fsp3) is 0.385. The van der Waals surface area contributed by atoms with Crippen molar-refractivity contribution in [3.05, 3.63) is 29.8 Å². The molecule has 0 aliphatic heterocycles. The summed E-state index contributed by atoms with van der Waals surface area (Å²) in [5, 5.41) is 2.75. The lowest BCUT2D eigenvalue weighted by Gasteiger charge is -2.10. The van der Waals surface area contributed by atoms with Gasteiger partial charge in [0.15, 0.2) is 0 Å². The minimum atomic E-state index is -0.0628. The third-order valence-electron chi connectivity index (χ3n) is 2.43. The molecule has 0 aromatic heterocycles. The van der Waals surface area contributed by atoms with Gasteiger partial charge in [0.05, 0.1) is 0 Å². The zero-order valence-electron chi connectivity index (χ0n) is 10.8. The first-order chi connectivity index (χ1) is 8.54. The van der Waals surface area contributed by atoms with Crippen LogP contribution in [0.4, 0.5) is 5.69 Å². The lowest BCUT2D eigenvalue weighted by molar-refractivity contribution is -0.116. The van der Waals surface area contributed by atoms with Gasteiger partial charge in [0, 0.05) is 31.8 Å². The molecule has 0 saturated carbocycles. The van der Waals surface area contributed by atoms with E-state index >= 15 is 0 Å². The van der Waals surface area contributed by atoms with Crippen LogP contribution in [0, 0.1) is 0 Å². The highest BCUT2D eigenvalue weighted by Gasteiger charge is 2.07. The monoisotopic (exact) mass is 249 g/mol. The topological polar surface area (TPSA) is 75.4 Å². The van der Waals surface area contributed by atoms with Gasteiger partial charge in [-0.15, -0.1) is 0 Å². The van der Waals surface area contributed by atoms with Crippen molar-refractivity contribution < 1.29 is 9.59 Å². The Labute approximate surface area is 107 Å². The third-order valence-corrected chi connectivity index (χ3v) is 2.43. The van der Waals surface area contributed by atoms with Crippen molar-refractivity contribution >= 4 is 17.5 Å². The van der Waals surface area contributed by atoms with E-state index in [-0.39, 0.29) is 11.8 Å². The van der Waals surface area contributed by atoms with E-state index in [0.29, 0.717) is 30.6 Å². The SMILES string of the molecule is CN(C)C(=O)c1ccc(NC(=O)CCCN)cc1. The molecule has 1 aromatic carbocycles. The van der Waals surface area contributed by atoms with E-state index in [1.807, 2.05) is 0 Å². The first-order valence-electron chi connectivity index (χ1n) is 5.86. The summed E-state index contributed by atoms with van der Waals surface area (Å²) in [5.74, 6) is -0.122. The number of carbonyl (C=O) groups is 2. The molecule has 0 saturated heterocycles. The van der Waals surface area contributed by atoms with E-state index in [2.05, 4.69) is 5.32 Å². The van der Waals surface area contributed by atoms with Crippen LogP contribution in [0.2, 0.25) is 0 Å². The maximum absolute atomic E-state index is 11.6. The quantitative estimate of drug-likeness (QED) is 0.819. The van der Waals surface area contributed by atoms with Crippen LogP contribution in [0.3, 0.4) is 0 Å². The normalized spacial score (nSPS) is 9.94. The number of rotatable bonds is 5. The molecule has 0 bridgehead atoms. The van der Waals surface area contributed by atoms with Crippen molar-refractivity contribution in [3.8, 4) is 0 Å². The second-order valence-corrected chi connectivity index (χ2v) is 4.22. The number of nitrogens with one attached hydrogen (secondary N) is 1. The molecule has 18 heavy (non-hydrogen) atoms. The lowest BCUT2D eigenvalue weighted by Crippen LogP contribution is -2.21. The lowest BCUT2D eigenvalue weighted by atomic mass is 10.2. The van der Waals surface area contributed by atoms with Crippen LogP contribution in [0.5, 0.6) is 0 Å². The highest BCUT2D eigenvalue weighted by Crippen LogP contribution is 2.11. The summed E-state index contributed by atoms with van der Waals surface area (Å²) in [4.78, 5) is 24.6. The highest BCUT2D eigenvalue weighted by atomic mass is 16.2. The molecule has 1 aromatic rings. The van der Waals surface area contributed by atoms with Crippen LogP contribution >= 0.6 is 0 Å². The molecule has 2 amide bonds. The van der Waals surface area contributed by atoms with Crippen molar-refractivity contribution in [3.63, 3.8) is 0 Å². The van der Waals surface area contributed by atoms with Crippen molar-refractivity contribution in [2.24, 2.45) is 5.73 Å². The van der Waals surface area contributed by atoms with Gasteiger partial charge in [-0.1, -0.05) is 0 Å². The Balaban J connectivity index is 2.60. The maximum Gasteiger partial charge on any atom is 0.253 e. The number of nitrogens with two attached hydrogens (primary N) is 1. The van der Waals surface area contributed by atoms with Gasteiger partial charge in [-0.25, -0.2) is 0 Å². The van der Waals surface area contributed by atoms with Gasteiger partial charge in [0.1, 0.15) is 0 Å². The Bertz CT molecular complexity index is 413. The largest absolute Gasteiger partial charge is 0.345 e. The minimum absolute atomic E-state index is 0.0593. The molecular weight excluding hydrogens is 230 g/mol. The molecule has 0 heterocycles. The number of hydrogen-bond acceptors (Lipinski definition) is 3. The molecule has 0 atom stereocenters. The van der Waals surface area contributed by atoms with Crippen molar-refractivity contribution in [2.75, 3.05) is 26.0 Å². The first-order valence-corrected chi connectivity index (χ1v) is 5.86. The van der Waals surface area contributed by atoms with E-state index < -0.39 is 0 Å². The zero-order valence-corrected chi connectivity index (χ0v) is 10.8. The molecule has 5 nitrogen and oxygen atoms in total. The molecule has 5 heteroatoms. The predicted octanol–water partition coefficient (Wildman–Crippen LogP) is 1.07. The number of nitrogens with zero attached hydrogens (tertiary/aromatic N) is 1. The molecule has 0 spiro atoms. The van der Waals surface area contributed by atoms with E-state index in [1.165, 1.54) is 4.90 Å². The van der Waals surface area contributed by atoms with Crippen LogP contribution in [0.25, 0.3) is 0 Å². The smallest absolute Gasteiger partial charge is 0.253 e. The summed E-state index contributed by atoms with van der Waals surface area (Å²) in [6.07, 6.45) is 1.08. The first kappa shape index (κ1) is 14.2. The van der Waals surface area contributed by atoms with Gasteiger partial charge in [-0.3, -0.25) is 9.59 Å². The molecule has 0 radical (unpaired) electrons. The zero-order chi connectivity index (χ0) is 13.5. The predicted molar refractivity (Wildman–Crippen MR) is 71.4 cm³/mol. The standard InChI is InChI=1S/C13H19N3O2/c1-16(2)13(18)10-5-7-11(8-6-10)15-12(17)4-3-9-14/h5-8H,3-4,9,14H2,1-2H3,(H,15,17). The molecule has 3 N–H and O–H groups in total. The summed E-state index contributed by atoms with van der Waals surface area (Å²) < 4.78 is 0. The second kappa shape index (κ2) is 6.76. The van der Waals surface area contributed by atoms with Crippen LogP contribution < -0.4 is 11.1 Å². The summed E-state index contributed by atoms with van der Waals surface area (Å²) in [7, 11) is 3.40. The van der Waals surface area contributed by atoms with Crippen LogP contribution in [-0.4, -0.2) is 37.4 Å². The van der Waals surface area contributed by atoms with Gasteiger partial charge in [0.25, 0.3) is 5.91 Å². The van der Waals surface area contributed by atoms with Crippen LogP contribution in [0.1, 0.15) is 23.2 Å². The summed E-state index contributed by atoms with van der Waals surface area (Å²) in [6.45, 7) is 0.504. The van der Waals surface area contributed by atoms with Gasteiger partial charge in [0.2, 0.25) is 5.91 Å². The van der Waals surface area contributed by atoms with Gasteiger partial charge >= 0.3 is 0 Å². The minimum Gasteiger partial charge on any atom is -0.345 e. The molecule has 0 aliphatic rings. The maximum atomic E-state index is 11.6. The van der Waals surface area contributed by atoms with E-state index in [9.17, 15) is 9.59 Å². The Morgan fingerprint density at radius 3 is 2.33 bits per heavy atom. The third kappa shape index (κ3) is 4.18. The van der Waals surface area contributed by atoms with E-state index in [4.69, 9.17) is 5.73 Å². The van der Waals surface area contributed by atoms with Crippen molar-refractivity contribution in [2.45, 2.75) is 12.8 Å². The molecule has 1 rings (SSSR count). The number of amides is 2. The average molecular weight is 249 g/mol. The summed E-state index contributed by atoms with van der Waals surface area (Å²) in [5.41, 5.74) is 6.61. The van der Waals surface area contributed by atoms with Crippen LogP contribution in [0.15, 0.2) is 24.3 Å². The Morgan fingerprint density at radius 2 is 1.83 bits per heavy atom. The second-order valence-electron chi connectivity index (χ2n) is 4.22. The molecule has 0 aliphatic carbocycles. The van der Waals surface area contributed by atoms with Crippen molar-refractivity contribution in [1.29, 1.82) is 0 Å². The number of hydrogen-bond donors (Lipinski definition) is 2. The molecule has 98 valence electrons. The molecule has 0 unspecified atom stereocenters. The summed E-state index contributed by atoms with van der Waals surface area (Å²) in [6, 6.07) is 6.83. The number of benzene rings is 1. The Hall–Kier alpha value is -1.88. The number of carbonyl (C=O) groups excluding carboxylic acids is 2. The van der Waals surface area contributed by atoms with Crippen LogP contribution in [-0.2, 0) is 4.79 Å². The fourth-order valence-corrected chi connectivity index (χ4v) is 1.44. The number of anilines is 1. The van der Waals surface area contributed by atoms with Gasteiger partial charge in [-0.05, 0) is 37.2 Å². The molecular formula is C13H19N3O2. The van der Waals surface area contributed by atoms with Gasteiger partial charge in [-0.2, -0.15) is 0 Å². The Kier molecular flexibility index (Phi) is 5.32. The fourth-order valence-electron chi connectivity index (χ4n) is 1.44. The van der Waals surface area contributed by atoms with E-state index in [0.717, 1.165) is 0 Å².